The molecule has 2 N–H and O–H groups in total. The van der Waals surface area contributed by atoms with E-state index in [1.807, 2.05) is 30.3 Å². The SMILES string of the molecule is CC1CN(C(=O)NCc2cc3ccccc3[nH]2)CC(C)S1(=O)=O. The molecule has 2 atom stereocenters. The third-order valence-corrected chi connectivity index (χ3v) is 6.92. The van der Waals surface area contributed by atoms with Crippen LogP contribution in [0.5, 0.6) is 0 Å². The molecule has 6 nitrogen and oxygen atoms in total. The van der Waals surface area contributed by atoms with Gasteiger partial charge in [-0.2, -0.15) is 0 Å². The van der Waals surface area contributed by atoms with E-state index in [-0.39, 0.29) is 19.1 Å². The third-order valence-electron chi connectivity index (χ3n) is 4.38. The Bertz CT molecular complexity index is 777. The van der Waals surface area contributed by atoms with Crippen LogP contribution in [0.3, 0.4) is 0 Å². The highest BCUT2D eigenvalue weighted by Gasteiger charge is 2.37. The van der Waals surface area contributed by atoms with Crippen LogP contribution in [-0.4, -0.2) is 47.9 Å². The Morgan fingerprint density at radius 3 is 2.57 bits per heavy atom. The van der Waals surface area contributed by atoms with Crippen LogP contribution in [0.15, 0.2) is 30.3 Å². The van der Waals surface area contributed by atoms with Gasteiger partial charge < -0.3 is 15.2 Å². The first kappa shape index (κ1) is 15.9. The number of carbonyl (C=O) groups excluding carboxylic acids is 1. The number of nitrogens with one attached hydrogen (secondary N) is 2. The molecule has 1 saturated heterocycles. The van der Waals surface area contributed by atoms with E-state index in [0.29, 0.717) is 6.54 Å². The number of carbonyl (C=O) groups is 1. The van der Waals surface area contributed by atoms with Crippen LogP contribution in [0.1, 0.15) is 19.5 Å². The fourth-order valence-electron chi connectivity index (χ4n) is 2.98. The van der Waals surface area contributed by atoms with E-state index in [0.717, 1.165) is 16.6 Å². The lowest BCUT2D eigenvalue weighted by Crippen LogP contribution is -2.54. The van der Waals surface area contributed by atoms with Crippen LogP contribution in [0.2, 0.25) is 0 Å². The van der Waals surface area contributed by atoms with Gasteiger partial charge in [0, 0.05) is 24.3 Å². The number of amides is 2. The molecule has 0 spiro atoms. The second-order valence-corrected chi connectivity index (χ2v) is 8.94. The average Bonchev–Trinajstić information content (AvgIpc) is 2.93. The second-order valence-electron chi connectivity index (χ2n) is 6.16. The first-order valence-electron chi connectivity index (χ1n) is 7.70. The van der Waals surface area contributed by atoms with Crippen molar-refractivity contribution in [3.8, 4) is 0 Å². The summed E-state index contributed by atoms with van der Waals surface area (Å²) in [6.07, 6.45) is 0. The molecule has 3 rings (SSSR count). The maximum absolute atomic E-state index is 12.3. The smallest absolute Gasteiger partial charge is 0.317 e. The van der Waals surface area contributed by atoms with Gasteiger partial charge in [-0.1, -0.05) is 18.2 Å². The molecule has 1 aromatic heterocycles. The minimum absolute atomic E-state index is 0.225. The predicted octanol–water partition coefficient (Wildman–Crippen LogP) is 1.88. The highest BCUT2D eigenvalue weighted by Crippen LogP contribution is 2.19. The van der Waals surface area contributed by atoms with Crippen molar-refractivity contribution in [3.05, 3.63) is 36.0 Å². The molecule has 1 aromatic carbocycles. The first-order valence-corrected chi connectivity index (χ1v) is 9.31. The monoisotopic (exact) mass is 335 g/mol. The molecule has 2 amide bonds. The van der Waals surface area contributed by atoms with E-state index in [1.165, 1.54) is 0 Å². The number of fused-ring (bicyclic) bond motifs is 1. The number of H-pyrrole nitrogens is 1. The minimum Gasteiger partial charge on any atom is -0.357 e. The van der Waals surface area contributed by atoms with Gasteiger partial charge in [-0.05, 0) is 31.4 Å². The molecule has 1 fully saturated rings. The molecule has 124 valence electrons. The number of hydrogen-bond donors (Lipinski definition) is 2. The predicted molar refractivity (Wildman–Crippen MR) is 90.0 cm³/mol. The molecule has 7 heteroatoms. The Hall–Kier alpha value is -2.02. The molecule has 0 aliphatic carbocycles. The van der Waals surface area contributed by atoms with Crippen molar-refractivity contribution in [3.63, 3.8) is 0 Å². The first-order chi connectivity index (χ1) is 10.9. The van der Waals surface area contributed by atoms with Gasteiger partial charge in [0.15, 0.2) is 9.84 Å². The summed E-state index contributed by atoms with van der Waals surface area (Å²) in [6.45, 7) is 4.18. The molecule has 2 aromatic rings. The van der Waals surface area contributed by atoms with Crippen molar-refractivity contribution < 1.29 is 13.2 Å². The fraction of sp³-hybridized carbons (Fsp3) is 0.438. The van der Waals surface area contributed by atoms with Crippen LogP contribution in [0, 0.1) is 0 Å². The Morgan fingerprint density at radius 2 is 1.91 bits per heavy atom. The molecule has 0 bridgehead atoms. The number of hydrogen-bond acceptors (Lipinski definition) is 3. The van der Waals surface area contributed by atoms with Crippen molar-refractivity contribution in [1.29, 1.82) is 0 Å². The molecule has 1 aliphatic rings. The number of urea groups is 1. The molecule has 1 aliphatic heterocycles. The summed E-state index contributed by atoms with van der Waals surface area (Å²) >= 11 is 0. The lowest BCUT2D eigenvalue weighted by Gasteiger charge is -2.34. The quantitative estimate of drug-likeness (QED) is 0.879. The van der Waals surface area contributed by atoms with Crippen molar-refractivity contribution in [2.45, 2.75) is 30.9 Å². The molecule has 0 radical (unpaired) electrons. The fourth-order valence-corrected chi connectivity index (χ4v) is 4.55. The summed E-state index contributed by atoms with van der Waals surface area (Å²) in [5.41, 5.74) is 1.95. The van der Waals surface area contributed by atoms with E-state index in [1.54, 1.807) is 18.7 Å². The molecule has 2 unspecified atom stereocenters. The molecular formula is C16H21N3O3S. The molecular weight excluding hydrogens is 314 g/mol. The van der Waals surface area contributed by atoms with Crippen LogP contribution >= 0.6 is 0 Å². The number of aromatic amines is 1. The number of sulfone groups is 1. The zero-order chi connectivity index (χ0) is 16.6. The van der Waals surface area contributed by atoms with Gasteiger partial charge in [0.05, 0.1) is 17.0 Å². The van der Waals surface area contributed by atoms with Crippen LogP contribution in [0.4, 0.5) is 4.79 Å². The van der Waals surface area contributed by atoms with Gasteiger partial charge in [0.2, 0.25) is 0 Å². The van der Waals surface area contributed by atoms with Gasteiger partial charge in [-0.25, -0.2) is 13.2 Å². The molecule has 0 saturated carbocycles. The van der Waals surface area contributed by atoms with Gasteiger partial charge in [-0.3, -0.25) is 0 Å². The number of benzene rings is 1. The van der Waals surface area contributed by atoms with E-state index in [9.17, 15) is 13.2 Å². The van der Waals surface area contributed by atoms with Crippen LogP contribution in [-0.2, 0) is 16.4 Å². The number of rotatable bonds is 2. The standard InChI is InChI=1S/C16H21N3O3S/c1-11-9-19(10-12(2)23(11,21)22)16(20)17-8-14-7-13-5-3-4-6-15(13)18-14/h3-7,11-12,18H,8-10H2,1-2H3,(H,17,20). The summed E-state index contributed by atoms with van der Waals surface area (Å²) in [5.74, 6) is 0. The zero-order valence-electron chi connectivity index (χ0n) is 13.2. The Labute approximate surface area is 135 Å². The lowest BCUT2D eigenvalue weighted by molar-refractivity contribution is 0.194. The Morgan fingerprint density at radius 1 is 1.26 bits per heavy atom. The Kier molecular flexibility index (Phi) is 4.06. The zero-order valence-corrected chi connectivity index (χ0v) is 14.1. The summed E-state index contributed by atoms with van der Waals surface area (Å²) in [7, 11) is -3.12. The number of para-hydroxylation sites is 1. The third kappa shape index (κ3) is 3.06. The summed E-state index contributed by atoms with van der Waals surface area (Å²) in [5, 5.41) is 2.91. The van der Waals surface area contributed by atoms with Gasteiger partial charge >= 0.3 is 6.03 Å². The number of nitrogens with zero attached hydrogens (tertiary/aromatic N) is 1. The van der Waals surface area contributed by atoms with Crippen LogP contribution < -0.4 is 5.32 Å². The summed E-state index contributed by atoms with van der Waals surface area (Å²) in [4.78, 5) is 17.1. The van der Waals surface area contributed by atoms with Crippen LogP contribution in [0.25, 0.3) is 10.9 Å². The minimum atomic E-state index is -3.12. The van der Waals surface area contributed by atoms with E-state index >= 15 is 0 Å². The van der Waals surface area contributed by atoms with Crippen molar-refractivity contribution in [2.75, 3.05) is 13.1 Å². The van der Waals surface area contributed by atoms with E-state index in [4.69, 9.17) is 0 Å². The summed E-state index contributed by atoms with van der Waals surface area (Å²) in [6, 6.07) is 9.70. The van der Waals surface area contributed by atoms with Crippen molar-refractivity contribution >= 4 is 26.8 Å². The largest absolute Gasteiger partial charge is 0.357 e. The Balaban J connectivity index is 1.63. The normalized spacial score (nSPS) is 23.8. The van der Waals surface area contributed by atoms with E-state index in [2.05, 4.69) is 10.3 Å². The summed E-state index contributed by atoms with van der Waals surface area (Å²) < 4.78 is 24.0. The lowest BCUT2D eigenvalue weighted by atomic mass is 10.2. The van der Waals surface area contributed by atoms with Gasteiger partial charge in [0.1, 0.15) is 0 Å². The number of aromatic nitrogens is 1. The topological polar surface area (TPSA) is 82.3 Å². The van der Waals surface area contributed by atoms with Gasteiger partial charge in [-0.15, -0.1) is 0 Å². The van der Waals surface area contributed by atoms with E-state index < -0.39 is 20.3 Å². The maximum Gasteiger partial charge on any atom is 0.317 e. The van der Waals surface area contributed by atoms with Crippen molar-refractivity contribution in [2.24, 2.45) is 0 Å². The second kappa shape index (κ2) is 5.88. The van der Waals surface area contributed by atoms with Crippen molar-refractivity contribution in [1.82, 2.24) is 15.2 Å². The average molecular weight is 335 g/mol. The highest BCUT2D eigenvalue weighted by atomic mass is 32.2. The molecule has 2 heterocycles. The molecule has 23 heavy (non-hydrogen) atoms. The van der Waals surface area contributed by atoms with Gasteiger partial charge in [0.25, 0.3) is 0 Å². The maximum atomic E-state index is 12.3. The highest BCUT2D eigenvalue weighted by molar-refractivity contribution is 7.92.